The minimum atomic E-state index is -0.0958. The van der Waals surface area contributed by atoms with Gasteiger partial charge in [-0.15, -0.1) is 0 Å². The van der Waals surface area contributed by atoms with Crippen molar-refractivity contribution in [2.45, 2.75) is 181 Å². The van der Waals surface area contributed by atoms with Gasteiger partial charge in [-0.2, -0.15) is 0 Å². The van der Waals surface area contributed by atoms with Crippen molar-refractivity contribution in [2.24, 2.45) is 0 Å². The molecule has 2 saturated carbocycles. The zero-order valence-corrected chi connectivity index (χ0v) is 56.1. The van der Waals surface area contributed by atoms with Gasteiger partial charge in [-0.1, -0.05) is 243 Å². The van der Waals surface area contributed by atoms with Crippen LogP contribution in [0.4, 0.5) is 34.1 Å². The highest BCUT2D eigenvalue weighted by atomic mass is 15.2. The number of hydrogen-bond donors (Lipinski definition) is 0. The van der Waals surface area contributed by atoms with Gasteiger partial charge in [0, 0.05) is 50.8 Å². The lowest BCUT2D eigenvalue weighted by Gasteiger charge is -2.45. The fourth-order valence-electron chi connectivity index (χ4n) is 15.1. The molecule has 0 N–H and O–H groups in total. The van der Waals surface area contributed by atoms with E-state index in [0.717, 1.165) is 50.8 Å². The van der Waals surface area contributed by atoms with Crippen molar-refractivity contribution in [1.82, 2.24) is 9.97 Å². The highest BCUT2D eigenvalue weighted by Crippen LogP contribution is 2.49. The molecule has 0 amide bonds. The molecular formula is C86H91BN4. The molecule has 1 aromatic heterocycles. The first-order chi connectivity index (χ1) is 43.6. The van der Waals surface area contributed by atoms with Gasteiger partial charge in [-0.05, 0) is 210 Å². The van der Waals surface area contributed by atoms with Crippen molar-refractivity contribution in [2.75, 3.05) is 9.80 Å². The van der Waals surface area contributed by atoms with Gasteiger partial charge in [-0.25, -0.2) is 9.97 Å². The van der Waals surface area contributed by atoms with Crippen LogP contribution in [0.1, 0.15) is 193 Å². The molecule has 0 atom stereocenters. The monoisotopic (exact) mass is 1190 g/mol. The smallest absolute Gasteiger partial charge is 0.252 e. The summed E-state index contributed by atoms with van der Waals surface area (Å²) in [6.45, 7) is 28.0. The van der Waals surface area contributed by atoms with E-state index in [1.54, 1.807) is 0 Å². The third kappa shape index (κ3) is 11.8. The van der Waals surface area contributed by atoms with Gasteiger partial charge in [0.15, 0.2) is 5.82 Å². The number of hydrogen-bond acceptors (Lipinski definition) is 4. The summed E-state index contributed by atoms with van der Waals surface area (Å²) < 4.78 is 0. The van der Waals surface area contributed by atoms with Gasteiger partial charge in [-0.3, -0.25) is 0 Å². The van der Waals surface area contributed by atoms with Crippen molar-refractivity contribution in [3.63, 3.8) is 0 Å². The third-order valence-electron chi connectivity index (χ3n) is 20.6. The zero-order chi connectivity index (χ0) is 63.1. The molecule has 458 valence electrons. The normalized spacial score (nSPS) is 15.5. The van der Waals surface area contributed by atoms with Crippen LogP contribution >= 0.6 is 0 Å². The first-order valence-electron chi connectivity index (χ1n) is 34.2. The number of benzene rings is 9. The Kier molecular flexibility index (Phi) is 15.5. The molecule has 5 heteroatoms. The largest absolute Gasteiger partial charge is 0.311 e. The number of nitrogens with zero attached hydrogens (tertiary/aromatic N) is 4. The van der Waals surface area contributed by atoms with Crippen molar-refractivity contribution in [1.29, 1.82) is 0 Å². The van der Waals surface area contributed by atoms with Crippen LogP contribution in [0, 0.1) is 0 Å². The van der Waals surface area contributed by atoms with Crippen LogP contribution in [-0.4, -0.2) is 16.7 Å². The van der Waals surface area contributed by atoms with E-state index in [9.17, 15) is 0 Å². The lowest BCUT2D eigenvalue weighted by Crippen LogP contribution is -2.61. The van der Waals surface area contributed by atoms with Crippen LogP contribution in [0.25, 0.3) is 56.2 Å². The van der Waals surface area contributed by atoms with Crippen LogP contribution < -0.4 is 26.2 Å². The molecule has 4 aliphatic rings. The fourth-order valence-corrected chi connectivity index (χ4v) is 15.1. The first kappa shape index (κ1) is 60.3. The Balaban J connectivity index is 1.08. The van der Waals surface area contributed by atoms with E-state index in [2.05, 4.69) is 293 Å². The number of aromatic nitrogens is 2. The van der Waals surface area contributed by atoms with Crippen molar-refractivity contribution in [3.05, 3.63) is 234 Å². The summed E-state index contributed by atoms with van der Waals surface area (Å²) in [6, 6.07) is 77.4. The summed E-state index contributed by atoms with van der Waals surface area (Å²) in [7, 11) is 0. The summed E-state index contributed by atoms with van der Waals surface area (Å²) >= 11 is 0. The van der Waals surface area contributed by atoms with Crippen molar-refractivity contribution in [3.8, 4) is 56.2 Å². The van der Waals surface area contributed by atoms with Gasteiger partial charge < -0.3 is 9.80 Å². The van der Waals surface area contributed by atoms with Gasteiger partial charge >= 0.3 is 0 Å². The van der Waals surface area contributed by atoms with E-state index < -0.39 is 0 Å². The molecule has 0 bridgehead atoms. The Morgan fingerprint density at radius 2 is 0.670 bits per heavy atom. The molecule has 2 fully saturated rings. The highest BCUT2D eigenvalue weighted by molar-refractivity contribution is 7.00. The molecule has 14 rings (SSSR count). The summed E-state index contributed by atoms with van der Waals surface area (Å²) in [6.07, 6.45) is 12.8. The molecule has 9 aromatic carbocycles. The van der Waals surface area contributed by atoms with Crippen LogP contribution in [-0.2, 0) is 21.7 Å². The molecule has 4 nitrogen and oxygen atoms in total. The summed E-state index contributed by atoms with van der Waals surface area (Å²) in [5, 5.41) is 0. The molecular weight excluding hydrogens is 1100 g/mol. The zero-order valence-electron chi connectivity index (χ0n) is 56.1. The van der Waals surface area contributed by atoms with Crippen LogP contribution in [0.3, 0.4) is 0 Å². The Morgan fingerprint density at radius 3 is 1.02 bits per heavy atom. The van der Waals surface area contributed by atoms with Crippen LogP contribution in [0.2, 0.25) is 0 Å². The maximum atomic E-state index is 5.90. The molecule has 10 aromatic rings. The fraction of sp³-hybridized carbons (Fsp3) is 0.326. The van der Waals surface area contributed by atoms with E-state index in [1.165, 1.54) is 148 Å². The molecule has 91 heavy (non-hydrogen) atoms. The van der Waals surface area contributed by atoms with Gasteiger partial charge in [0.05, 0.1) is 11.4 Å². The Bertz CT molecular complexity index is 3990. The second kappa shape index (κ2) is 23.4. The average Bonchev–Trinajstić information content (AvgIpc) is 0.697. The lowest BCUT2D eigenvalue weighted by atomic mass is 9.33. The Hall–Kier alpha value is -8.28. The second-order valence-corrected chi connectivity index (χ2v) is 31.2. The van der Waals surface area contributed by atoms with E-state index in [4.69, 9.17) is 9.97 Å². The highest BCUT2D eigenvalue weighted by Gasteiger charge is 2.45. The van der Waals surface area contributed by atoms with Crippen LogP contribution in [0.15, 0.2) is 200 Å². The third-order valence-corrected chi connectivity index (χ3v) is 20.6. The number of fused-ring (bicyclic) bond motifs is 4. The van der Waals surface area contributed by atoms with Gasteiger partial charge in [0.2, 0.25) is 0 Å². The number of rotatable bonds is 9. The SMILES string of the molecule is CC(C)(C)c1cc(-c2cc(-c3cc(C(C)(C)C)cc(C(C)(C)C)c3)nc(-c3cc4c5c(c3)N(c3ccc(-c6ccccc6)cc3)c3ccc(C6CCCCC6)cc3B5c3cc(C5CCCCC5)ccc3N4c3ccc(-c4ccccc4)cc3)n2)cc(C(C)(C)C)c1. The Morgan fingerprint density at radius 1 is 0.319 bits per heavy atom. The molecule has 3 heterocycles. The van der Waals surface area contributed by atoms with Crippen molar-refractivity contribution < 1.29 is 0 Å². The molecule has 0 unspecified atom stereocenters. The average molecular weight is 1190 g/mol. The maximum absolute atomic E-state index is 5.90. The predicted octanol–water partition coefficient (Wildman–Crippen LogP) is 22.2. The van der Waals surface area contributed by atoms with Crippen LogP contribution in [0.5, 0.6) is 0 Å². The number of anilines is 6. The molecule has 0 saturated heterocycles. The predicted molar refractivity (Wildman–Crippen MR) is 390 cm³/mol. The Labute approximate surface area is 544 Å². The standard InChI is InChI=1S/C86H91BN4/c1-83(2,3)67-45-64(46-68(53-67)84(4,5)6)75-55-76(65-47-69(85(7,8)9)54-70(48-65)86(10,11)12)89-82(88-75)66-51-79-81-80(52-66)91(72-41-35-61(36-42-72)57-27-19-14-20-28-57)78-44-38-63(59-31-23-16-24-32-59)50-74(78)87(81)73-49-62(58-29-21-15-22-30-58)37-43-77(73)90(79)71-39-33-60(34-40-71)56-25-17-13-18-26-56/h13-14,17-20,25-28,33-55,58-59H,15-16,21-24,29-32H2,1-12H3. The quantitative estimate of drug-likeness (QED) is 0.135. The van der Waals surface area contributed by atoms with E-state index in [1.807, 2.05) is 0 Å². The molecule has 0 radical (unpaired) electrons. The van der Waals surface area contributed by atoms with Gasteiger partial charge in [0.25, 0.3) is 6.71 Å². The molecule has 0 spiro atoms. The summed E-state index contributed by atoms with van der Waals surface area (Å²) in [5.74, 6) is 1.79. The second-order valence-electron chi connectivity index (χ2n) is 31.2. The summed E-state index contributed by atoms with van der Waals surface area (Å²) in [5.41, 5.74) is 28.8. The van der Waals surface area contributed by atoms with E-state index in [-0.39, 0.29) is 28.4 Å². The minimum absolute atomic E-state index is 0.0365. The minimum Gasteiger partial charge on any atom is -0.311 e. The first-order valence-corrected chi connectivity index (χ1v) is 34.2. The lowest BCUT2D eigenvalue weighted by molar-refractivity contribution is 0.444. The topological polar surface area (TPSA) is 32.3 Å². The molecule has 2 aliphatic carbocycles. The van der Waals surface area contributed by atoms with Crippen molar-refractivity contribution >= 4 is 57.2 Å². The van der Waals surface area contributed by atoms with E-state index in [0.29, 0.717) is 17.7 Å². The summed E-state index contributed by atoms with van der Waals surface area (Å²) in [4.78, 5) is 17.0. The van der Waals surface area contributed by atoms with E-state index >= 15 is 0 Å². The van der Waals surface area contributed by atoms with Gasteiger partial charge in [0.1, 0.15) is 0 Å². The maximum Gasteiger partial charge on any atom is 0.252 e. The molecule has 2 aliphatic heterocycles.